The van der Waals surface area contributed by atoms with Crippen LogP contribution in [0.1, 0.15) is 21.9 Å². The van der Waals surface area contributed by atoms with Gasteiger partial charge in [-0.25, -0.2) is 24.8 Å². The molecule has 0 saturated heterocycles. The van der Waals surface area contributed by atoms with Crippen molar-refractivity contribution in [1.29, 1.82) is 0 Å². The van der Waals surface area contributed by atoms with Crippen LogP contribution < -0.4 is 10.9 Å². The van der Waals surface area contributed by atoms with Gasteiger partial charge in [-0.2, -0.15) is 5.10 Å². The fraction of sp³-hybridized carbons (Fsp3) is 0.136. The molecule has 2 N–H and O–H groups in total. The van der Waals surface area contributed by atoms with Crippen molar-refractivity contribution in [3.05, 3.63) is 64.2 Å². The van der Waals surface area contributed by atoms with Crippen LogP contribution in [0.3, 0.4) is 0 Å². The second-order valence-corrected chi connectivity index (χ2v) is 8.27. The zero-order valence-electron chi connectivity index (χ0n) is 17.9. The Balaban J connectivity index is 1.34. The number of carbonyl (C=O) groups is 2. The number of aromatic amines is 1. The van der Waals surface area contributed by atoms with Crippen molar-refractivity contribution in [3.8, 4) is 10.7 Å². The van der Waals surface area contributed by atoms with Crippen LogP contribution in [0, 0.1) is 13.8 Å². The van der Waals surface area contributed by atoms with E-state index in [0.29, 0.717) is 21.8 Å². The minimum Gasteiger partial charge on any atom is -0.451 e. The summed E-state index contributed by atoms with van der Waals surface area (Å²) in [6.45, 7) is 2.74. The van der Waals surface area contributed by atoms with E-state index in [1.54, 1.807) is 13.8 Å². The van der Waals surface area contributed by atoms with Crippen LogP contribution in [-0.2, 0) is 9.53 Å². The number of anilines is 1. The van der Waals surface area contributed by atoms with Gasteiger partial charge in [0.05, 0.1) is 21.3 Å². The molecule has 0 aliphatic rings. The van der Waals surface area contributed by atoms with Crippen molar-refractivity contribution in [2.24, 2.45) is 0 Å². The number of hydrogen-bond donors (Lipinski definition) is 2. The number of furan rings is 1. The lowest BCUT2D eigenvalue weighted by Crippen LogP contribution is -2.22. The van der Waals surface area contributed by atoms with E-state index < -0.39 is 24.0 Å². The normalized spacial score (nSPS) is 11.1. The van der Waals surface area contributed by atoms with E-state index in [2.05, 4.69) is 30.5 Å². The Morgan fingerprint density at radius 1 is 1.15 bits per heavy atom. The molecule has 0 radical (unpaired) electrons. The Morgan fingerprint density at radius 3 is 2.76 bits per heavy atom. The Labute approximate surface area is 194 Å². The van der Waals surface area contributed by atoms with Gasteiger partial charge >= 0.3 is 5.97 Å². The van der Waals surface area contributed by atoms with Gasteiger partial charge in [-0.1, -0.05) is 12.1 Å². The van der Waals surface area contributed by atoms with Crippen LogP contribution in [0.5, 0.6) is 0 Å². The topological polar surface area (TPSA) is 153 Å². The maximum atomic E-state index is 12.7. The molecule has 170 valence electrons. The molecule has 0 atom stereocenters. The Hall–Kier alpha value is -4.45. The number of thiazole rings is 1. The lowest BCUT2D eigenvalue weighted by atomic mass is 10.2. The minimum atomic E-state index is -0.837. The van der Waals surface area contributed by atoms with Crippen molar-refractivity contribution in [3.63, 3.8) is 0 Å². The minimum absolute atomic E-state index is 0.0463. The molecule has 0 spiro atoms. The number of esters is 1. The third-order valence-corrected chi connectivity index (χ3v) is 6.02. The van der Waals surface area contributed by atoms with Crippen molar-refractivity contribution < 1.29 is 18.7 Å². The number of amides is 1. The van der Waals surface area contributed by atoms with E-state index in [1.807, 2.05) is 24.3 Å². The number of ether oxygens (including phenoxy) is 1. The summed E-state index contributed by atoms with van der Waals surface area (Å²) in [5.74, 6) is -1.15. The molecule has 4 heterocycles. The van der Waals surface area contributed by atoms with Crippen LogP contribution in [0.25, 0.3) is 31.7 Å². The van der Waals surface area contributed by atoms with Crippen LogP contribution in [-0.4, -0.2) is 43.6 Å². The smallest absolute Gasteiger partial charge is 0.359 e. The zero-order chi connectivity index (χ0) is 23.8. The Kier molecular flexibility index (Phi) is 5.34. The summed E-state index contributed by atoms with van der Waals surface area (Å²) in [7, 11) is 0. The Bertz CT molecular complexity index is 1600. The van der Waals surface area contributed by atoms with Crippen molar-refractivity contribution in [2.75, 3.05) is 11.9 Å². The molecule has 0 bridgehead atoms. The molecule has 1 aromatic carbocycles. The van der Waals surface area contributed by atoms with Crippen LogP contribution in [0.4, 0.5) is 5.88 Å². The first kappa shape index (κ1) is 21.4. The van der Waals surface area contributed by atoms with E-state index in [9.17, 15) is 14.4 Å². The van der Waals surface area contributed by atoms with Gasteiger partial charge in [0.1, 0.15) is 21.8 Å². The largest absolute Gasteiger partial charge is 0.451 e. The van der Waals surface area contributed by atoms with E-state index >= 15 is 0 Å². The van der Waals surface area contributed by atoms with Gasteiger partial charge in [0.25, 0.3) is 11.5 Å². The number of aromatic nitrogens is 5. The molecular formula is C22H16N6O5S. The van der Waals surface area contributed by atoms with Crippen LogP contribution >= 0.6 is 11.3 Å². The molecule has 0 fully saturated rings. The first-order valence-electron chi connectivity index (χ1n) is 10.0. The Morgan fingerprint density at radius 2 is 1.94 bits per heavy atom. The van der Waals surface area contributed by atoms with Gasteiger partial charge in [-0.15, -0.1) is 11.3 Å². The van der Waals surface area contributed by atoms with Crippen LogP contribution in [0.15, 0.2) is 45.9 Å². The van der Waals surface area contributed by atoms with Crippen molar-refractivity contribution in [2.45, 2.75) is 13.8 Å². The fourth-order valence-electron chi connectivity index (χ4n) is 3.51. The van der Waals surface area contributed by atoms with Gasteiger partial charge in [0, 0.05) is 12.4 Å². The van der Waals surface area contributed by atoms with Crippen molar-refractivity contribution >= 4 is 50.1 Å². The third kappa shape index (κ3) is 3.79. The number of fused-ring (bicyclic) bond motifs is 2. The van der Waals surface area contributed by atoms with E-state index in [0.717, 1.165) is 10.2 Å². The first-order valence-corrected chi connectivity index (χ1v) is 10.9. The van der Waals surface area contributed by atoms with E-state index in [1.165, 1.54) is 23.7 Å². The number of aryl methyl sites for hydroxylation is 2. The molecule has 4 aromatic heterocycles. The molecule has 5 rings (SSSR count). The van der Waals surface area contributed by atoms with Crippen LogP contribution in [0.2, 0.25) is 0 Å². The molecular weight excluding hydrogens is 460 g/mol. The standard InChI is InChI=1S/C22H16N6O5S/c1-10-15-11(2)33-20(16(15)19(30)28-27-10)26-14(29)9-32-22(31)18-17(23-7-8-24-18)21-25-12-5-3-4-6-13(12)34-21/h3-8H,9H2,1-2H3,(H,26,29)(H,28,30). The second-order valence-electron chi connectivity index (χ2n) is 7.24. The summed E-state index contributed by atoms with van der Waals surface area (Å²) in [6, 6.07) is 7.53. The molecule has 1 amide bonds. The number of benzene rings is 1. The molecule has 0 saturated carbocycles. The predicted molar refractivity (Wildman–Crippen MR) is 124 cm³/mol. The number of carbonyl (C=O) groups excluding carboxylic acids is 2. The van der Waals surface area contributed by atoms with Gasteiger partial charge in [0.2, 0.25) is 5.88 Å². The highest BCUT2D eigenvalue weighted by molar-refractivity contribution is 7.21. The summed E-state index contributed by atoms with van der Waals surface area (Å²) in [5.41, 5.74) is 1.01. The number of nitrogens with one attached hydrogen (secondary N) is 2. The molecule has 5 aromatic rings. The van der Waals surface area contributed by atoms with Gasteiger partial charge in [-0.05, 0) is 26.0 Å². The highest BCUT2D eigenvalue weighted by atomic mass is 32.1. The maximum absolute atomic E-state index is 12.7. The van der Waals surface area contributed by atoms with E-state index in [4.69, 9.17) is 9.15 Å². The predicted octanol–water partition coefficient (Wildman–Crippen LogP) is 3.00. The zero-order valence-corrected chi connectivity index (χ0v) is 18.7. The lowest BCUT2D eigenvalue weighted by molar-refractivity contribution is -0.119. The average molecular weight is 476 g/mol. The SMILES string of the molecule is Cc1n[nH]c(=O)c2c(NC(=O)COC(=O)c3nccnc3-c3nc4ccccc4s3)oc(C)c12. The molecule has 34 heavy (non-hydrogen) atoms. The molecule has 0 aliphatic carbocycles. The summed E-state index contributed by atoms with van der Waals surface area (Å²) in [5, 5.41) is 9.90. The first-order chi connectivity index (χ1) is 16.4. The summed E-state index contributed by atoms with van der Waals surface area (Å²) in [4.78, 5) is 50.2. The summed E-state index contributed by atoms with van der Waals surface area (Å²) >= 11 is 1.36. The molecule has 0 aliphatic heterocycles. The van der Waals surface area contributed by atoms with E-state index in [-0.39, 0.29) is 22.7 Å². The number of hydrogen-bond acceptors (Lipinski definition) is 10. The molecule has 11 nitrogen and oxygen atoms in total. The maximum Gasteiger partial charge on any atom is 0.359 e. The monoisotopic (exact) mass is 476 g/mol. The van der Waals surface area contributed by atoms with Gasteiger partial charge < -0.3 is 9.15 Å². The highest BCUT2D eigenvalue weighted by Gasteiger charge is 2.22. The molecule has 12 heteroatoms. The third-order valence-electron chi connectivity index (χ3n) is 4.97. The number of para-hydroxylation sites is 1. The highest BCUT2D eigenvalue weighted by Crippen LogP contribution is 2.30. The summed E-state index contributed by atoms with van der Waals surface area (Å²) in [6.07, 6.45) is 2.80. The number of H-pyrrole nitrogens is 1. The average Bonchev–Trinajstić information content (AvgIpc) is 3.41. The molecule has 0 unspecified atom stereocenters. The van der Waals surface area contributed by atoms with Gasteiger partial charge in [-0.3, -0.25) is 14.9 Å². The summed E-state index contributed by atoms with van der Waals surface area (Å²) < 4.78 is 11.6. The lowest BCUT2D eigenvalue weighted by Gasteiger charge is -2.06. The number of nitrogens with zero attached hydrogens (tertiary/aromatic N) is 4. The van der Waals surface area contributed by atoms with Crippen molar-refractivity contribution in [1.82, 2.24) is 25.1 Å². The number of rotatable bonds is 5. The van der Waals surface area contributed by atoms with Gasteiger partial charge in [0.15, 0.2) is 12.3 Å². The quantitative estimate of drug-likeness (QED) is 0.364. The second kappa shape index (κ2) is 8.48. The fourth-order valence-corrected chi connectivity index (χ4v) is 4.47.